The van der Waals surface area contributed by atoms with E-state index in [4.69, 9.17) is 5.73 Å². The average Bonchev–Trinajstić information content (AvgIpc) is 3.23. The Kier molecular flexibility index (Phi) is 4.54. The van der Waals surface area contributed by atoms with E-state index in [1.165, 1.54) is 0 Å². The second kappa shape index (κ2) is 6.85. The van der Waals surface area contributed by atoms with Crippen molar-refractivity contribution in [3.63, 3.8) is 0 Å². The van der Waals surface area contributed by atoms with Gasteiger partial charge in [-0.2, -0.15) is 0 Å². The summed E-state index contributed by atoms with van der Waals surface area (Å²) in [4.78, 5) is 17.2. The Morgan fingerprint density at radius 3 is 2.73 bits per heavy atom. The summed E-state index contributed by atoms with van der Waals surface area (Å²) in [5, 5.41) is 13.6. The highest BCUT2D eigenvalue weighted by molar-refractivity contribution is 5.90. The minimum atomic E-state index is -0.553. The predicted octanol–water partition coefficient (Wildman–Crippen LogP) is 1.20. The lowest BCUT2D eigenvalue weighted by molar-refractivity contribution is -0.132. The zero-order valence-corrected chi connectivity index (χ0v) is 14.8. The molecule has 1 heterocycles. The largest absolute Gasteiger partial charge is 0.391 e. The van der Waals surface area contributed by atoms with Gasteiger partial charge >= 0.3 is 0 Å². The number of hydrogen-bond acceptors (Lipinski definition) is 4. The summed E-state index contributed by atoms with van der Waals surface area (Å²) < 4.78 is 2.03. The van der Waals surface area contributed by atoms with Crippen molar-refractivity contribution in [1.82, 2.24) is 14.9 Å². The molecule has 2 aliphatic rings. The van der Waals surface area contributed by atoms with E-state index in [-0.39, 0.29) is 18.0 Å². The molecule has 2 fully saturated rings. The van der Waals surface area contributed by atoms with Gasteiger partial charge in [0.1, 0.15) is 0 Å². The van der Waals surface area contributed by atoms with Gasteiger partial charge < -0.3 is 20.7 Å². The van der Waals surface area contributed by atoms with E-state index >= 15 is 0 Å². The van der Waals surface area contributed by atoms with Gasteiger partial charge in [0.05, 0.1) is 23.9 Å². The van der Waals surface area contributed by atoms with Crippen LogP contribution in [0.3, 0.4) is 0 Å². The number of nitrogens with zero attached hydrogens (tertiary/aromatic N) is 2. The van der Waals surface area contributed by atoms with Crippen molar-refractivity contribution in [2.24, 2.45) is 11.7 Å². The van der Waals surface area contributed by atoms with E-state index in [2.05, 4.69) is 10.3 Å². The lowest BCUT2D eigenvalue weighted by atomic mass is 9.61. The van der Waals surface area contributed by atoms with E-state index in [0.717, 1.165) is 18.5 Å². The number of aliphatic hydroxyl groups is 1. The van der Waals surface area contributed by atoms with Crippen LogP contribution in [0, 0.1) is 5.92 Å². The number of nitrogens with one attached hydrogen (secondary N) is 1. The van der Waals surface area contributed by atoms with Crippen LogP contribution in [0.2, 0.25) is 0 Å². The molecule has 2 saturated carbocycles. The fourth-order valence-electron chi connectivity index (χ4n) is 4.57. The standard InChI is InChI=1S/C20H26N4O2/c21-16-10-20(11-16,15-4-2-1-3-5-15)19(26)23-17-8-14(9-18(17)25)12-24-7-6-22-13-24/h1-7,13-14,16-18,25H,8-12,21H2,(H,23,26)/t14?,16?,17-,18-,20?/m1/s1. The van der Waals surface area contributed by atoms with Crippen molar-refractivity contribution in [3.05, 3.63) is 54.6 Å². The number of carbonyl (C=O) groups is 1. The monoisotopic (exact) mass is 354 g/mol. The molecule has 6 heteroatoms. The Hall–Kier alpha value is -2.18. The highest BCUT2D eigenvalue weighted by Gasteiger charge is 2.51. The summed E-state index contributed by atoms with van der Waals surface area (Å²) in [5.74, 6) is 0.332. The summed E-state index contributed by atoms with van der Waals surface area (Å²) in [6.45, 7) is 0.818. The van der Waals surface area contributed by atoms with Crippen molar-refractivity contribution >= 4 is 5.91 Å². The highest BCUT2D eigenvalue weighted by Crippen LogP contribution is 2.43. The summed E-state index contributed by atoms with van der Waals surface area (Å²) in [5.41, 5.74) is 6.49. The third kappa shape index (κ3) is 3.15. The molecule has 1 unspecified atom stereocenters. The Morgan fingerprint density at radius 1 is 1.31 bits per heavy atom. The molecule has 0 saturated heterocycles. The van der Waals surface area contributed by atoms with Gasteiger partial charge in [0.25, 0.3) is 0 Å². The molecule has 4 N–H and O–H groups in total. The quantitative estimate of drug-likeness (QED) is 0.752. The number of hydrogen-bond donors (Lipinski definition) is 3. The Balaban J connectivity index is 1.43. The SMILES string of the molecule is NC1CC(C(=O)N[C@@H]2CC(Cn3ccnc3)C[C@H]2O)(c2ccccc2)C1. The molecule has 2 aromatic rings. The molecule has 2 aliphatic carbocycles. The molecule has 1 aromatic carbocycles. The molecule has 1 aromatic heterocycles. The summed E-state index contributed by atoms with van der Waals surface area (Å²) >= 11 is 0. The normalized spacial score (nSPS) is 33.6. The minimum absolute atomic E-state index is 0.00210. The molecule has 3 atom stereocenters. The van der Waals surface area contributed by atoms with E-state index < -0.39 is 11.5 Å². The summed E-state index contributed by atoms with van der Waals surface area (Å²) in [7, 11) is 0. The van der Waals surface area contributed by atoms with Crippen LogP contribution in [0.1, 0.15) is 31.2 Å². The summed E-state index contributed by atoms with van der Waals surface area (Å²) in [6, 6.07) is 9.72. The van der Waals surface area contributed by atoms with Crippen LogP contribution in [-0.2, 0) is 16.8 Å². The molecule has 0 spiro atoms. The van der Waals surface area contributed by atoms with Crippen LogP contribution in [0.4, 0.5) is 0 Å². The first-order valence-corrected chi connectivity index (χ1v) is 9.33. The van der Waals surface area contributed by atoms with Crippen molar-refractivity contribution in [1.29, 1.82) is 0 Å². The highest BCUT2D eigenvalue weighted by atomic mass is 16.3. The van der Waals surface area contributed by atoms with Crippen LogP contribution in [0.25, 0.3) is 0 Å². The first-order chi connectivity index (χ1) is 12.6. The topological polar surface area (TPSA) is 93.2 Å². The van der Waals surface area contributed by atoms with E-state index in [0.29, 0.717) is 25.2 Å². The van der Waals surface area contributed by atoms with Crippen molar-refractivity contribution in [2.75, 3.05) is 0 Å². The van der Waals surface area contributed by atoms with Crippen molar-refractivity contribution < 1.29 is 9.90 Å². The lowest BCUT2D eigenvalue weighted by Gasteiger charge is -2.45. The number of nitrogens with two attached hydrogens (primary N) is 1. The Labute approximate surface area is 153 Å². The third-order valence-corrected chi connectivity index (χ3v) is 5.95. The van der Waals surface area contributed by atoms with Crippen LogP contribution in [0.5, 0.6) is 0 Å². The number of rotatable bonds is 5. The van der Waals surface area contributed by atoms with E-state index in [1.807, 2.05) is 41.1 Å². The van der Waals surface area contributed by atoms with Crippen molar-refractivity contribution in [2.45, 2.75) is 55.8 Å². The number of aliphatic hydroxyl groups excluding tert-OH is 1. The zero-order chi connectivity index (χ0) is 18.1. The minimum Gasteiger partial charge on any atom is -0.391 e. The fourth-order valence-corrected chi connectivity index (χ4v) is 4.57. The summed E-state index contributed by atoms with van der Waals surface area (Å²) in [6.07, 6.45) is 7.76. The first-order valence-electron chi connectivity index (χ1n) is 9.33. The molecule has 0 aliphatic heterocycles. The molecule has 138 valence electrons. The zero-order valence-electron chi connectivity index (χ0n) is 14.8. The van der Waals surface area contributed by atoms with Crippen LogP contribution < -0.4 is 11.1 Å². The van der Waals surface area contributed by atoms with Gasteiger partial charge in [-0.3, -0.25) is 4.79 Å². The number of amides is 1. The van der Waals surface area contributed by atoms with Gasteiger partial charge in [-0.05, 0) is 37.2 Å². The molecule has 26 heavy (non-hydrogen) atoms. The van der Waals surface area contributed by atoms with E-state index in [9.17, 15) is 9.90 Å². The van der Waals surface area contributed by atoms with Crippen LogP contribution in [-0.4, -0.2) is 38.8 Å². The second-order valence-electron chi connectivity index (χ2n) is 7.86. The third-order valence-electron chi connectivity index (χ3n) is 5.95. The number of imidazole rings is 1. The Bertz CT molecular complexity index is 740. The number of carbonyl (C=O) groups excluding carboxylic acids is 1. The predicted molar refractivity (Wildman–Crippen MR) is 98.2 cm³/mol. The fraction of sp³-hybridized carbons (Fsp3) is 0.500. The Morgan fingerprint density at radius 2 is 2.08 bits per heavy atom. The van der Waals surface area contributed by atoms with Crippen LogP contribution >= 0.6 is 0 Å². The number of benzene rings is 1. The van der Waals surface area contributed by atoms with Gasteiger partial charge in [0.15, 0.2) is 0 Å². The molecular weight excluding hydrogens is 328 g/mol. The van der Waals surface area contributed by atoms with Gasteiger partial charge in [0.2, 0.25) is 5.91 Å². The molecule has 0 bridgehead atoms. The maximum Gasteiger partial charge on any atom is 0.231 e. The maximum atomic E-state index is 13.1. The smallest absolute Gasteiger partial charge is 0.231 e. The molecular formula is C20H26N4O2. The lowest BCUT2D eigenvalue weighted by Crippen LogP contribution is -2.60. The van der Waals surface area contributed by atoms with Gasteiger partial charge in [-0.1, -0.05) is 30.3 Å². The van der Waals surface area contributed by atoms with Crippen LogP contribution in [0.15, 0.2) is 49.1 Å². The maximum absolute atomic E-state index is 13.1. The number of aromatic nitrogens is 2. The molecule has 0 radical (unpaired) electrons. The molecule has 4 rings (SSSR count). The molecule has 6 nitrogen and oxygen atoms in total. The average molecular weight is 354 g/mol. The van der Waals surface area contributed by atoms with Gasteiger partial charge in [-0.15, -0.1) is 0 Å². The second-order valence-corrected chi connectivity index (χ2v) is 7.86. The van der Waals surface area contributed by atoms with Gasteiger partial charge in [-0.25, -0.2) is 4.98 Å². The van der Waals surface area contributed by atoms with Gasteiger partial charge in [0, 0.05) is 25.0 Å². The van der Waals surface area contributed by atoms with Crippen molar-refractivity contribution in [3.8, 4) is 0 Å². The molecule has 1 amide bonds. The first kappa shape index (κ1) is 17.2. The van der Waals surface area contributed by atoms with E-state index in [1.54, 1.807) is 12.5 Å².